The van der Waals surface area contributed by atoms with Gasteiger partial charge in [-0.25, -0.2) is 4.79 Å². The van der Waals surface area contributed by atoms with Crippen LogP contribution in [0.5, 0.6) is 0 Å². The van der Waals surface area contributed by atoms with E-state index in [-0.39, 0.29) is 18.0 Å². The summed E-state index contributed by atoms with van der Waals surface area (Å²) < 4.78 is 4.93. The van der Waals surface area contributed by atoms with Crippen LogP contribution < -0.4 is 0 Å². The highest BCUT2D eigenvalue weighted by atomic mass is 16.5. The van der Waals surface area contributed by atoms with Crippen molar-refractivity contribution in [2.24, 2.45) is 0 Å². The van der Waals surface area contributed by atoms with Crippen LogP contribution >= 0.6 is 0 Å². The van der Waals surface area contributed by atoms with Gasteiger partial charge in [0.1, 0.15) is 0 Å². The molecule has 1 aromatic rings. The normalized spacial score (nSPS) is 11.2. The highest BCUT2D eigenvalue weighted by Crippen LogP contribution is 2.09. The quantitative estimate of drug-likeness (QED) is 0.327. The highest BCUT2D eigenvalue weighted by Gasteiger charge is 2.18. The van der Waals surface area contributed by atoms with Gasteiger partial charge in [0.05, 0.1) is 12.2 Å². The molecule has 19 heavy (non-hydrogen) atoms. The van der Waals surface area contributed by atoms with E-state index in [9.17, 15) is 9.59 Å². The van der Waals surface area contributed by atoms with Crippen LogP contribution in [0.4, 0.5) is 0 Å². The van der Waals surface area contributed by atoms with Crippen molar-refractivity contribution in [3.63, 3.8) is 0 Å². The first kappa shape index (κ1) is 15.2. The third-order valence-corrected chi connectivity index (χ3v) is 2.66. The highest BCUT2D eigenvalue weighted by molar-refractivity contribution is 6.17. The average molecular weight is 260 g/mol. The van der Waals surface area contributed by atoms with E-state index in [2.05, 4.69) is 0 Å². The van der Waals surface area contributed by atoms with Crippen LogP contribution in [-0.4, -0.2) is 18.4 Å². The Balaban J connectivity index is 2.83. The van der Waals surface area contributed by atoms with Crippen molar-refractivity contribution in [3.05, 3.63) is 47.5 Å². The third-order valence-electron chi connectivity index (χ3n) is 2.66. The van der Waals surface area contributed by atoms with Crippen molar-refractivity contribution in [3.8, 4) is 0 Å². The Morgan fingerprint density at radius 3 is 2.42 bits per heavy atom. The Hall–Kier alpha value is -1.90. The van der Waals surface area contributed by atoms with E-state index in [1.54, 1.807) is 13.0 Å². The van der Waals surface area contributed by atoms with Gasteiger partial charge in [-0.15, -0.1) is 0 Å². The van der Waals surface area contributed by atoms with Crippen LogP contribution in [0, 0.1) is 0 Å². The molecule has 1 rings (SSSR count). The molecule has 0 aliphatic heterocycles. The molecule has 102 valence electrons. The summed E-state index contributed by atoms with van der Waals surface area (Å²) in [5, 5.41) is 0. The molecular weight excluding hydrogens is 240 g/mol. The summed E-state index contributed by atoms with van der Waals surface area (Å²) in [7, 11) is 0. The lowest BCUT2D eigenvalue weighted by atomic mass is 10.0. The molecule has 3 heteroatoms. The van der Waals surface area contributed by atoms with Gasteiger partial charge in [-0.2, -0.15) is 0 Å². The number of esters is 1. The number of ether oxygens (including phenoxy) is 1. The third kappa shape index (κ3) is 5.08. The molecule has 1 aromatic carbocycles. The van der Waals surface area contributed by atoms with Gasteiger partial charge in [0.25, 0.3) is 0 Å². The summed E-state index contributed by atoms with van der Waals surface area (Å²) in [5.41, 5.74) is 1.24. The number of hydrogen-bond acceptors (Lipinski definition) is 3. The molecule has 0 N–H and O–H groups in total. The van der Waals surface area contributed by atoms with Gasteiger partial charge in [-0.3, -0.25) is 4.79 Å². The monoisotopic (exact) mass is 260 g/mol. The van der Waals surface area contributed by atoms with Crippen LogP contribution in [0.15, 0.2) is 42.0 Å². The Morgan fingerprint density at radius 2 is 1.84 bits per heavy atom. The predicted octanol–water partition coefficient (Wildman–Crippen LogP) is 3.09. The van der Waals surface area contributed by atoms with Gasteiger partial charge >= 0.3 is 5.97 Å². The summed E-state index contributed by atoms with van der Waals surface area (Å²) in [6.45, 7) is 3.93. The predicted molar refractivity (Wildman–Crippen MR) is 74.8 cm³/mol. The van der Waals surface area contributed by atoms with Crippen molar-refractivity contribution < 1.29 is 14.3 Å². The van der Waals surface area contributed by atoms with E-state index in [4.69, 9.17) is 4.74 Å². The van der Waals surface area contributed by atoms with Crippen molar-refractivity contribution in [1.29, 1.82) is 0 Å². The molecule has 0 atom stereocenters. The Morgan fingerprint density at radius 1 is 1.16 bits per heavy atom. The second kappa shape index (κ2) is 8.25. The van der Waals surface area contributed by atoms with Crippen LogP contribution in [0.1, 0.15) is 32.3 Å². The maximum Gasteiger partial charge on any atom is 0.341 e. The molecule has 0 saturated heterocycles. The molecule has 0 aliphatic carbocycles. The number of carbonyl (C=O) groups is 2. The van der Waals surface area contributed by atoms with Crippen molar-refractivity contribution >= 4 is 11.8 Å². The molecule has 0 saturated carbocycles. The summed E-state index contributed by atoms with van der Waals surface area (Å²) >= 11 is 0. The van der Waals surface area contributed by atoms with E-state index in [1.807, 2.05) is 37.3 Å². The van der Waals surface area contributed by atoms with Gasteiger partial charge < -0.3 is 4.74 Å². The lowest BCUT2D eigenvalue weighted by molar-refractivity contribution is -0.140. The summed E-state index contributed by atoms with van der Waals surface area (Å²) in [6, 6.07) is 9.72. The minimum Gasteiger partial charge on any atom is -0.462 e. The summed E-state index contributed by atoms with van der Waals surface area (Å²) in [4.78, 5) is 23.7. The number of hydrogen-bond donors (Lipinski definition) is 0. The van der Waals surface area contributed by atoms with Crippen LogP contribution in [0.2, 0.25) is 0 Å². The van der Waals surface area contributed by atoms with Gasteiger partial charge in [-0.05, 0) is 25.3 Å². The zero-order chi connectivity index (χ0) is 14.1. The van der Waals surface area contributed by atoms with E-state index < -0.39 is 5.97 Å². The maximum absolute atomic E-state index is 11.9. The fourth-order valence-electron chi connectivity index (χ4n) is 1.72. The summed E-state index contributed by atoms with van der Waals surface area (Å²) in [6.07, 6.45) is 3.33. The number of carbonyl (C=O) groups excluding carboxylic acids is 2. The molecule has 0 aliphatic rings. The minimum atomic E-state index is -0.517. The van der Waals surface area contributed by atoms with Crippen molar-refractivity contribution in [2.45, 2.75) is 33.1 Å². The standard InChI is InChI=1S/C16H20O3/c1-3-8-15(17)14(16(18)19-4-2)12-11-13-9-6-5-7-10-13/h5-7,9-10,12H,3-4,8,11H2,1-2H3. The molecular formula is C16H20O3. The molecule has 0 heterocycles. The fourth-order valence-corrected chi connectivity index (χ4v) is 1.72. The average Bonchev–Trinajstić information content (AvgIpc) is 2.41. The summed E-state index contributed by atoms with van der Waals surface area (Å²) in [5.74, 6) is -0.659. The number of ketones is 1. The molecule has 0 unspecified atom stereocenters. The zero-order valence-electron chi connectivity index (χ0n) is 11.5. The van der Waals surface area contributed by atoms with Crippen molar-refractivity contribution in [2.75, 3.05) is 6.61 Å². The minimum absolute atomic E-state index is 0.142. The second-order valence-electron chi connectivity index (χ2n) is 4.20. The number of allylic oxidation sites excluding steroid dienone is 1. The van der Waals surface area contributed by atoms with Gasteiger partial charge in [-0.1, -0.05) is 43.3 Å². The molecule has 3 nitrogen and oxygen atoms in total. The lowest BCUT2D eigenvalue weighted by Crippen LogP contribution is -2.16. The second-order valence-corrected chi connectivity index (χ2v) is 4.20. The Kier molecular flexibility index (Phi) is 6.58. The van der Waals surface area contributed by atoms with Crippen LogP contribution in [0.3, 0.4) is 0 Å². The number of Topliss-reactive ketones (excluding diaryl/α,β-unsaturated/α-hetero) is 1. The first-order valence-corrected chi connectivity index (χ1v) is 6.63. The Bertz CT molecular complexity index is 426. The fraction of sp³-hybridized carbons (Fsp3) is 0.375. The SMILES string of the molecule is CCCC(=O)C(=CCc1ccccc1)C(=O)OCC. The lowest BCUT2D eigenvalue weighted by Gasteiger charge is -2.06. The molecule has 0 aromatic heterocycles. The Labute approximate surface area is 114 Å². The molecule has 0 bridgehead atoms. The van der Waals surface area contributed by atoms with Crippen LogP contribution in [0.25, 0.3) is 0 Å². The van der Waals surface area contributed by atoms with Gasteiger partial charge in [0.15, 0.2) is 5.78 Å². The van der Waals surface area contributed by atoms with Crippen LogP contribution in [-0.2, 0) is 20.7 Å². The van der Waals surface area contributed by atoms with Gasteiger partial charge in [0.2, 0.25) is 0 Å². The van der Waals surface area contributed by atoms with Crippen molar-refractivity contribution in [1.82, 2.24) is 0 Å². The molecule has 0 fully saturated rings. The smallest absolute Gasteiger partial charge is 0.341 e. The van der Waals surface area contributed by atoms with E-state index >= 15 is 0 Å². The topological polar surface area (TPSA) is 43.4 Å². The molecule has 0 spiro atoms. The first-order chi connectivity index (χ1) is 9.19. The number of benzene rings is 1. The van der Waals surface area contributed by atoms with E-state index in [0.717, 1.165) is 12.0 Å². The maximum atomic E-state index is 11.9. The van der Waals surface area contributed by atoms with E-state index in [0.29, 0.717) is 12.8 Å². The first-order valence-electron chi connectivity index (χ1n) is 6.63. The number of rotatable bonds is 7. The largest absolute Gasteiger partial charge is 0.462 e. The van der Waals surface area contributed by atoms with Gasteiger partial charge in [0, 0.05) is 6.42 Å². The molecule has 0 radical (unpaired) electrons. The zero-order valence-corrected chi connectivity index (χ0v) is 11.5. The van der Waals surface area contributed by atoms with E-state index in [1.165, 1.54) is 0 Å². The molecule has 0 amide bonds.